The van der Waals surface area contributed by atoms with Crippen molar-refractivity contribution in [1.29, 1.82) is 0 Å². The Morgan fingerprint density at radius 3 is 2.77 bits per heavy atom. The number of nitrogens with zero attached hydrogens (tertiary/aromatic N) is 3. The number of hydrogen-bond donors (Lipinski definition) is 1. The lowest BCUT2D eigenvalue weighted by Crippen LogP contribution is -2.03. The topological polar surface area (TPSA) is 106 Å². The second kappa shape index (κ2) is 7.25. The molecule has 0 saturated carbocycles. The molecule has 0 fully saturated rings. The van der Waals surface area contributed by atoms with Gasteiger partial charge in [-0.1, -0.05) is 40.3 Å². The number of nitrogens with one attached hydrogen (secondary N) is 1. The highest BCUT2D eigenvalue weighted by atomic mass is 79.9. The van der Waals surface area contributed by atoms with E-state index in [1.807, 2.05) is 24.3 Å². The average Bonchev–Trinajstić information content (AvgIpc) is 3.18. The fourth-order valence-electron chi connectivity index (χ4n) is 3.37. The number of aromatic amines is 1. The molecule has 2 aromatic carbocycles. The largest absolute Gasteiger partial charge is 0.422 e. The van der Waals surface area contributed by atoms with Crippen LogP contribution in [0.1, 0.15) is 0 Å². The van der Waals surface area contributed by atoms with Gasteiger partial charge in [-0.25, -0.2) is 9.78 Å². The Hall–Kier alpha value is -3.63. The van der Waals surface area contributed by atoms with Crippen LogP contribution in [0, 0.1) is 14.8 Å². The van der Waals surface area contributed by atoms with Gasteiger partial charge in [-0.3, -0.25) is 14.5 Å². The molecule has 0 atom stereocenters. The number of non-ortho nitro benzene ring substituents is 1. The number of hydrogen-bond acceptors (Lipinski definition) is 6. The van der Waals surface area contributed by atoms with Crippen LogP contribution in [0.5, 0.6) is 0 Å². The number of fused-ring (bicyclic) bond motifs is 2. The first kappa shape index (κ1) is 19.3. The molecule has 5 rings (SSSR count). The van der Waals surface area contributed by atoms with Crippen molar-refractivity contribution in [3.63, 3.8) is 0 Å². The van der Waals surface area contributed by atoms with Gasteiger partial charge in [-0.2, -0.15) is 0 Å². The van der Waals surface area contributed by atoms with Gasteiger partial charge in [-0.05, 0) is 29.8 Å². The molecule has 0 aliphatic heterocycles. The molecule has 3 heterocycles. The molecule has 31 heavy (non-hydrogen) atoms. The Kier molecular flexibility index (Phi) is 4.53. The van der Waals surface area contributed by atoms with E-state index in [2.05, 4.69) is 25.9 Å². The number of nitro groups is 1. The fourth-order valence-corrected chi connectivity index (χ4v) is 4.08. The molecule has 8 nitrogen and oxygen atoms in total. The average molecular weight is 495 g/mol. The van der Waals surface area contributed by atoms with E-state index in [4.69, 9.17) is 16.6 Å². The first-order valence-corrected chi connectivity index (χ1v) is 10.2. The molecule has 0 spiro atoms. The molecule has 5 aromatic rings. The zero-order valence-electron chi connectivity index (χ0n) is 15.5. The molecule has 152 valence electrons. The fraction of sp³-hybridized carbons (Fsp3) is 0. The second-order valence-electron chi connectivity index (χ2n) is 6.78. The van der Waals surface area contributed by atoms with Crippen LogP contribution in [-0.4, -0.2) is 19.3 Å². The van der Waals surface area contributed by atoms with Crippen molar-refractivity contribution < 1.29 is 9.34 Å². The molecule has 0 bridgehead atoms. The number of nitro benzene ring substituents is 1. The number of halogens is 1. The van der Waals surface area contributed by atoms with Crippen LogP contribution in [0.15, 0.2) is 74.6 Å². The zero-order valence-corrected chi connectivity index (χ0v) is 17.9. The predicted octanol–water partition coefficient (Wildman–Crippen LogP) is 5.50. The highest BCUT2D eigenvalue weighted by Gasteiger charge is 2.15. The first-order valence-electron chi connectivity index (χ1n) is 9.00. The Balaban J connectivity index is 1.69. The standard InChI is InChI=1S/C21H11BrN4O4S/c22-13-3-1-2-11(6-13)16-9-23-21-24-17(10-25(21)19(16)31)15-8-12-7-14(26(28)29)4-5-18(12)30-20(15)27/h1-10H,(H,23,24). The second-order valence-corrected chi connectivity index (χ2v) is 8.08. The van der Waals surface area contributed by atoms with Gasteiger partial charge in [0, 0.05) is 39.9 Å². The van der Waals surface area contributed by atoms with Gasteiger partial charge < -0.3 is 9.40 Å². The van der Waals surface area contributed by atoms with E-state index in [1.54, 1.807) is 22.9 Å². The van der Waals surface area contributed by atoms with E-state index in [0.29, 0.717) is 21.5 Å². The highest BCUT2D eigenvalue weighted by molar-refractivity contribution is 9.10. The molecule has 0 amide bonds. The Morgan fingerprint density at radius 2 is 2.00 bits per heavy atom. The summed E-state index contributed by atoms with van der Waals surface area (Å²) in [6.45, 7) is 0. The van der Waals surface area contributed by atoms with E-state index in [-0.39, 0.29) is 16.8 Å². The summed E-state index contributed by atoms with van der Waals surface area (Å²) < 4.78 is 8.47. The molecular weight excluding hydrogens is 484 g/mol. The minimum absolute atomic E-state index is 0.0912. The lowest BCUT2D eigenvalue weighted by atomic mass is 10.1. The van der Waals surface area contributed by atoms with E-state index in [9.17, 15) is 14.9 Å². The summed E-state index contributed by atoms with van der Waals surface area (Å²) in [4.78, 5) is 30.6. The van der Waals surface area contributed by atoms with Gasteiger partial charge in [-0.15, -0.1) is 0 Å². The maximum absolute atomic E-state index is 12.6. The van der Waals surface area contributed by atoms with Crippen molar-refractivity contribution in [2.45, 2.75) is 0 Å². The lowest BCUT2D eigenvalue weighted by Gasteiger charge is -2.03. The van der Waals surface area contributed by atoms with Crippen LogP contribution in [0.25, 0.3) is 39.1 Å². The summed E-state index contributed by atoms with van der Waals surface area (Å²) in [5.74, 6) is 0.456. The number of rotatable bonds is 3. The third-order valence-corrected chi connectivity index (χ3v) is 5.76. The zero-order chi connectivity index (χ0) is 21.7. The van der Waals surface area contributed by atoms with Crippen LogP contribution < -0.4 is 5.63 Å². The number of aromatic nitrogens is 3. The molecular formula is C21H11BrN4O4S. The van der Waals surface area contributed by atoms with Gasteiger partial charge in [0.2, 0.25) is 5.78 Å². The third-order valence-electron chi connectivity index (χ3n) is 4.85. The smallest absolute Gasteiger partial charge is 0.345 e. The summed E-state index contributed by atoms with van der Waals surface area (Å²) in [5, 5.41) is 11.5. The SMILES string of the molecule is O=c1oc2ccc([N+](=O)[O-])cc2cc1-c1cn2c(=S)c(-c3cccc(Br)c3)cnc2[nH]1. The summed E-state index contributed by atoms with van der Waals surface area (Å²) in [7, 11) is 0. The Morgan fingerprint density at radius 1 is 1.16 bits per heavy atom. The van der Waals surface area contributed by atoms with Gasteiger partial charge in [0.15, 0.2) is 0 Å². The number of benzene rings is 2. The van der Waals surface area contributed by atoms with Crippen LogP contribution in [0.4, 0.5) is 5.69 Å². The summed E-state index contributed by atoms with van der Waals surface area (Å²) in [6.07, 6.45) is 3.34. The van der Waals surface area contributed by atoms with Crippen LogP contribution >= 0.6 is 28.1 Å². The molecule has 3 aromatic heterocycles. The summed E-state index contributed by atoms with van der Waals surface area (Å²) >= 11 is 9.10. The van der Waals surface area contributed by atoms with Gasteiger partial charge in [0.05, 0.1) is 16.2 Å². The van der Waals surface area contributed by atoms with E-state index < -0.39 is 10.5 Å². The highest BCUT2D eigenvalue weighted by Crippen LogP contribution is 2.27. The van der Waals surface area contributed by atoms with Crippen LogP contribution in [0.2, 0.25) is 0 Å². The van der Waals surface area contributed by atoms with Crippen molar-refractivity contribution in [1.82, 2.24) is 14.4 Å². The predicted molar refractivity (Wildman–Crippen MR) is 122 cm³/mol. The quantitative estimate of drug-likeness (QED) is 0.153. The Labute approximate surface area is 187 Å². The summed E-state index contributed by atoms with van der Waals surface area (Å²) in [6, 6.07) is 13.3. The third kappa shape index (κ3) is 3.35. The molecule has 0 unspecified atom stereocenters. The maximum Gasteiger partial charge on any atom is 0.345 e. The van der Waals surface area contributed by atoms with Crippen molar-refractivity contribution >= 4 is 50.6 Å². The van der Waals surface area contributed by atoms with E-state index in [1.165, 1.54) is 18.2 Å². The van der Waals surface area contributed by atoms with Crippen LogP contribution in [-0.2, 0) is 0 Å². The molecule has 0 aliphatic carbocycles. The molecule has 10 heteroatoms. The molecule has 0 aliphatic rings. The first-order chi connectivity index (χ1) is 14.9. The van der Waals surface area contributed by atoms with Crippen molar-refractivity contribution in [2.75, 3.05) is 0 Å². The monoisotopic (exact) mass is 494 g/mol. The van der Waals surface area contributed by atoms with Crippen LogP contribution in [0.3, 0.4) is 0 Å². The molecule has 1 N–H and O–H groups in total. The van der Waals surface area contributed by atoms with E-state index >= 15 is 0 Å². The summed E-state index contributed by atoms with van der Waals surface area (Å²) in [5.41, 5.74) is 1.92. The van der Waals surface area contributed by atoms with Gasteiger partial charge in [0.25, 0.3) is 5.69 Å². The molecule has 0 saturated heterocycles. The van der Waals surface area contributed by atoms with Crippen molar-refractivity contribution in [2.24, 2.45) is 0 Å². The lowest BCUT2D eigenvalue weighted by molar-refractivity contribution is -0.384. The maximum atomic E-state index is 12.6. The van der Waals surface area contributed by atoms with E-state index in [0.717, 1.165) is 15.6 Å². The number of imidazole rings is 1. The minimum Gasteiger partial charge on any atom is -0.422 e. The van der Waals surface area contributed by atoms with Gasteiger partial charge in [0.1, 0.15) is 10.2 Å². The van der Waals surface area contributed by atoms with Crippen molar-refractivity contribution in [3.05, 3.63) is 90.6 Å². The van der Waals surface area contributed by atoms with Crippen molar-refractivity contribution in [3.8, 4) is 22.4 Å². The minimum atomic E-state index is -0.577. The normalized spacial score (nSPS) is 11.3. The van der Waals surface area contributed by atoms with Gasteiger partial charge >= 0.3 is 5.63 Å². The molecule has 0 radical (unpaired) electrons. The number of H-pyrrole nitrogens is 1. The Bertz CT molecular complexity index is 1640.